The van der Waals surface area contributed by atoms with Crippen molar-refractivity contribution in [2.24, 2.45) is 43.3 Å². The minimum absolute atomic E-state index is 0.00277. The van der Waals surface area contributed by atoms with Crippen LogP contribution in [0, 0.1) is 43.3 Å². The number of aliphatic hydroxyl groups excluding tert-OH is 1. The molecule has 0 aromatic heterocycles. The normalized spacial score (nSPS) is 25.5. The fourth-order valence-corrected chi connectivity index (χ4v) is 9.63. The number of aliphatic hydroxyl groups is 1. The molecule has 0 spiro atoms. The highest BCUT2D eigenvalue weighted by atomic mass is 16.7. The fourth-order valence-electron chi connectivity index (χ4n) is 9.63. The van der Waals surface area contributed by atoms with Crippen LogP contribution in [-0.4, -0.2) is 59.1 Å². The second kappa shape index (κ2) is 19.2. The number of rotatable bonds is 18. The number of hydrogen-bond acceptors (Lipinski definition) is 8. The zero-order chi connectivity index (χ0) is 46.1. The highest BCUT2D eigenvalue weighted by Crippen LogP contribution is 2.56. The van der Waals surface area contributed by atoms with Crippen LogP contribution in [0.4, 0.5) is 0 Å². The lowest BCUT2D eigenvalue weighted by Crippen LogP contribution is -2.55. The minimum atomic E-state index is -0.655. The first-order chi connectivity index (χ1) is 27.0. The van der Waals surface area contributed by atoms with Crippen LogP contribution in [0.25, 0.3) is 0 Å². The van der Waals surface area contributed by atoms with Gasteiger partial charge >= 0.3 is 5.97 Å². The van der Waals surface area contributed by atoms with Gasteiger partial charge in [-0.1, -0.05) is 156 Å². The molecule has 2 aliphatic heterocycles. The number of carbonyl (C=O) groups excluding carboxylic acids is 1. The number of aromatic hydroxyl groups is 1. The molecule has 60 heavy (non-hydrogen) atoms. The number of ether oxygens (including phenoxy) is 5. The van der Waals surface area contributed by atoms with Gasteiger partial charge in [0, 0.05) is 25.3 Å². The first kappa shape index (κ1) is 52.6. The van der Waals surface area contributed by atoms with E-state index in [4.69, 9.17) is 23.7 Å². The Morgan fingerprint density at radius 1 is 0.683 bits per heavy atom. The molecule has 0 saturated carbocycles. The van der Waals surface area contributed by atoms with Gasteiger partial charge in [-0.05, 0) is 87.9 Å². The third-order valence-corrected chi connectivity index (χ3v) is 15.8. The van der Waals surface area contributed by atoms with Crippen LogP contribution in [0.1, 0.15) is 208 Å². The summed E-state index contributed by atoms with van der Waals surface area (Å²) < 4.78 is 33.1. The monoisotopic (exact) mass is 845 g/mol. The molecule has 2 aliphatic rings. The van der Waals surface area contributed by atoms with Crippen LogP contribution < -0.4 is 0 Å². The van der Waals surface area contributed by atoms with E-state index >= 15 is 0 Å². The number of hydrogen-bond donors (Lipinski definition) is 2. The molecule has 1 aromatic carbocycles. The number of phenols is 1. The Kier molecular flexibility index (Phi) is 16.8. The largest absolute Gasteiger partial charge is 0.507 e. The fraction of sp³-hybridized carbons (Fsp3) is 0.865. The smallest absolute Gasteiger partial charge is 0.302 e. The van der Waals surface area contributed by atoms with Gasteiger partial charge in [0.1, 0.15) is 11.9 Å². The van der Waals surface area contributed by atoms with Gasteiger partial charge in [-0.2, -0.15) is 0 Å². The van der Waals surface area contributed by atoms with Crippen molar-refractivity contribution in [2.45, 2.75) is 245 Å². The first-order valence-corrected chi connectivity index (χ1v) is 23.3. The first-order valence-electron chi connectivity index (χ1n) is 23.3. The van der Waals surface area contributed by atoms with Crippen LogP contribution in [0.15, 0.2) is 24.3 Å². The maximum atomic E-state index is 12.3. The summed E-state index contributed by atoms with van der Waals surface area (Å²) in [7, 11) is 0. The van der Waals surface area contributed by atoms with Gasteiger partial charge in [0.25, 0.3) is 0 Å². The molecule has 8 heteroatoms. The molecule has 8 unspecified atom stereocenters. The molecule has 2 heterocycles. The number of phenolic OH excluding ortho intramolecular Hbond substituents is 1. The molecule has 2 saturated heterocycles. The summed E-state index contributed by atoms with van der Waals surface area (Å²) in [6.45, 7) is 44.3. The summed E-state index contributed by atoms with van der Waals surface area (Å²) in [6.07, 6.45) is 4.93. The van der Waals surface area contributed by atoms with Crippen LogP contribution >= 0.6 is 0 Å². The quantitative estimate of drug-likeness (QED) is 0.141. The molecule has 3 rings (SSSR count). The third-order valence-electron chi connectivity index (χ3n) is 15.8. The number of para-hydroxylation sites is 1. The van der Waals surface area contributed by atoms with E-state index in [0.29, 0.717) is 18.4 Å². The van der Waals surface area contributed by atoms with Crippen LogP contribution in [0.3, 0.4) is 0 Å². The van der Waals surface area contributed by atoms with Crippen molar-refractivity contribution in [2.75, 3.05) is 0 Å². The predicted molar refractivity (Wildman–Crippen MR) is 245 cm³/mol. The Bertz CT molecular complexity index is 1520. The Hall–Kier alpha value is -1.71. The summed E-state index contributed by atoms with van der Waals surface area (Å²) in [5.41, 5.74) is -1.20. The van der Waals surface area contributed by atoms with Crippen molar-refractivity contribution >= 4 is 5.97 Å². The predicted octanol–water partition coefficient (Wildman–Crippen LogP) is 13.4. The van der Waals surface area contributed by atoms with Gasteiger partial charge in [0.15, 0.2) is 12.6 Å². The topological polar surface area (TPSA) is 104 Å². The number of esters is 1. The van der Waals surface area contributed by atoms with E-state index in [1.165, 1.54) is 6.92 Å². The molecule has 8 atom stereocenters. The molecule has 0 radical (unpaired) electrons. The molecule has 0 aliphatic carbocycles. The lowest BCUT2D eigenvalue weighted by atomic mass is 9.55. The van der Waals surface area contributed by atoms with Crippen molar-refractivity contribution in [3.05, 3.63) is 29.8 Å². The van der Waals surface area contributed by atoms with Crippen molar-refractivity contribution in [1.82, 2.24) is 0 Å². The van der Waals surface area contributed by atoms with Gasteiger partial charge in [0.2, 0.25) is 0 Å². The van der Waals surface area contributed by atoms with E-state index in [2.05, 4.69) is 132 Å². The van der Waals surface area contributed by atoms with Crippen LogP contribution in [0.2, 0.25) is 0 Å². The molecule has 1 aromatic rings. The summed E-state index contributed by atoms with van der Waals surface area (Å²) in [5.74, 6) is -0.0726. The van der Waals surface area contributed by atoms with E-state index < -0.39 is 17.8 Å². The van der Waals surface area contributed by atoms with E-state index in [0.717, 1.165) is 44.9 Å². The lowest BCUT2D eigenvalue weighted by Gasteiger charge is -2.55. The Morgan fingerprint density at radius 2 is 1.22 bits per heavy atom. The van der Waals surface area contributed by atoms with E-state index in [1.54, 1.807) is 6.07 Å². The van der Waals surface area contributed by atoms with Gasteiger partial charge < -0.3 is 33.9 Å². The van der Waals surface area contributed by atoms with Gasteiger partial charge in [-0.15, -0.1) is 0 Å². The highest BCUT2D eigenvalue weighted by molar-refractivity contribution is 5.66. The van der Waals surface area contributed by atoms with E-state index in [1.807, 2.05) is 18.2 Å². The van der Waals surface area contributed by atoms with E-state index in [9.17, 15) is 15.0 Å². The van der Waals surface area contributed by atoms with Crippen LogP contribution in [-0.2, 0) is 28.5 Å². The molecular weight excluding hydrogens is 753 g/mol. The molecular formula is C52H92O8. The molecule has 0 amide bonds. The third kappa shape index (κ3) is 13.2. The summed E-state index contributed by atoms with van der Waals surface area (Å²) in [5, 5.41) is 23.1. The number of carbonyl (C=O) groups is 1. The average molecular weight is 845 g/mol. The van der Waals surface area contributed by atoms with E-state index in [-0.39, 0.29) is 86.4 Å². The Labute approximate surface area is 368 Å². The van der Waals surface area contributed by atoms with Crippen LogP contribution in [0.5, 0.6) is 5.75 Å². The van der Waals surface area contributed by atoms with Crippen molar-refractivity contribution in [3.63, 3.8) is 0 Å². The van der Waals surface area contributed by atoms with Crippen molar-refractivity contribution < 1.29 is 38.7 Å². The van der Waals surface area contributed by atoms with Gasteiger partial charge in [-0.25, -0.2) is 0 Å². The average Bonchev–Trinajstić information content (AvgIpc) is 3.05. The Morgan fingerprint density at radius 3 is 1.73 bits per heavy atom. The van der Waals surface area contributed by atoms with Crippen molar-refractivity contribution in [3.8, 4) is 5.75 Å². The van der Waals surface area contributed by atoms with Gasteiger partial charge in [0.05, 0.1) is 30.5 Å². The molecule has 348 valence electrons. The second-order valence-electron chi connectivity index (χ2n) is 25.1. The summed E-state index contributed by atoms with van der Waals surface area (Å²) in [4.78, 5) is 12.2. The number of benzene rings is 1. The SMILES string of the molecule is CCCC1OC(CC(C)(C)C(C)(C)C2CC(CC(C)(C)C)OC(c3ccccc3O)O2)CC(C(C)(C)C(C)(C)CC(O)C(C)(C)C(C)(C)CC(CC(C)(C)C)OC(C)=O)O1. The standard InChI is InChI=1S/C52H92O8/c1-21-24-43-57-36(31-48(11,12)52(19,20)42-27-35(29-45(3,4)5)58-44(60-42)38-25-22-23-26-39(38)54)28-41(59-43)51(17,18)49(13,14)33-40(55)50(15,16)47(9,10)32-37(56-34(2)53)30-46(6,7)8/h22-23,25-26,35-37,40-44,54-55H,21,24,27-33H2,1-20H3. The lowest BCUT2D eigenvalue weighted by molar-refractivity contribution is -0.295. The van der Waals surface area contributed by atoms with Gasteiger partial charge in [-0.3, -0.25) is 4.79 Å². The zero-order valence-corrected chi connectivity index (χ0v) is 42.1. The molecule has 2 N–H and O–H groups in total. The summed E-state index contributed by atoms with van der Waals surface area (Å²) >= 11 is 0. The molecule has 8 nitrogen and oxygen atoms in total. The summed E-state index contributed by atoms with van der Waals surface area (Å²) in [6, 6.07) is 7.36. The minimum Gasteiger partial charge on any atom is -0.507 e. The molecule has 0 bridgehead atoms. The maximum Gasteiger partial charge on any atom is 0.302 e. The second-order valence-corrected chi connectivity index (χ2v) is 25.1. The zero-order valence-electron chi connectivity index (χ0n) is 42.1. The Balaban J connectivity index is 1.87. The van der Waals surface area contributed by atoms with Crippen molar-refractivity contribution in [1.29, 1.82) is 0 Å². The molecule has 2 fully saturated rings. The maximum absolute atomic E-state index is 12.3. The highest BCUT2D eigenvalue weighted by Gasteiger charge is 2.54.